The van der Waals surface area contributed by atoms with Crippen molar-refractivity contribution in [2.45, 2.75) is 13.3 Å². The summed E-state index contributed by atoms with van der Waals surface area (Å²) in [6.45, 7) is 1.88. The third kappa shape index (κ3) is 3.23. The fourth-order valence-electron chi connectivity index (χ4n) is 1.12. The molecule has 6 heteroatoms. The second-order valence-corrected chi connectivity index (χ2v) is 3.01. The maximum absolute atomic E-state index is 11.3. The highest BCUT2D eigenvalue weighted by Crippen LogP contribution is 2.00. The van der Waals surface area contributed by atoms with Crippen LogP contribution < -0.4 is 4.73 Å². The molecule has 0 amide bonds. The summed E-state index contributed by atoms with van der Waals surface area (Å²) in [5, 5.41) is 22.3. The molecule has 86 valence electrons. The van der Waals surface area contributed by atoms with E-state index < -0.39 is 5.97 Å². The average molecular weight is 224 g/mol. The highest BCUT2D eigenvalue weighted by Gasteiger charge is 2.14. The number of oxime groups is 1. The van der Waals surface area contributed by atoms with E-state index in [1.807, 2.05) is 0 Å². The molecule has 1 aromatic rings. The second kappa shape index (κ2) is 5.69. The number of hydrogen-bond donors (Lipinski definition) is 1. The normalized spacial score (nSPS) is 11.2. The maximum Gasteiger partial charge on any atom is 0.356 e. The van der Waals surface area contributed by atoms with Crippen molar-refractivity contribution in [2.24, 2.45) is 5.16 Å². The predicted octanol–water partition coefficient (Wildman–Crippen LogP) is 0.256. The molecule has 1 heterocycles. The lowest BCUT2D eigenvalue weighted by Gasteiger charge is -2.03. The van der Waals surface area contributed by atoms with Gasteiger partial charge in [-0.3, -0.25) is 0 Å². The smallest absolute Gasteiger partial charge is 0.356 e. The summed E-state index contributed by atoms with van der Waals surface area (Å²) in [6.07, 6.45) is 2.72. The van der Waals surface area contributed by atoms with Gasteiger partial charge >= 0.3 is 5.97 Å². The molecule has 1 rings (SSSR count). The predicted molar refractivity (Wildman–Crippen MR) is 55.0 cm³/mol. The van der Waals surface area contributed by atoms with Crippen LogP contribution in [0.15, 0.2) is 29.7 Å². The van der Waals surface area contributed by atoms with Crippen molar-refractivity contribution in [1.29, 1.82) is 0 Å². The molecule has 6 nitrogen and oxygen atoms in total. The van der Waals surface area contributed by atoms with Crippen LogP contribution in [0.4, 0.5) is 0 Å². The van der Waals surface area contributed by atoms with Crippen LogP contribution in [0.5, 0.6) is 0 Å². The molecule has 0 aliphatic heterocycles. The Morgan fingerprint density at radius 1 is 1.56 bits per heavy atom. The van der Waals surface area contributed by atoms with Crippen molar-refractivity contribution in [3.05, 3.63) is 35.3 Å². The minimum absolute atomic E-state index is 0.0921. The third-order valence-electron chi connectivity index (χ3n) is 1.87. The topological polar surface area (TPSA) is 85.8 Å². The number of carbonyl (C=O) groups is 1. The quantitative estimate of drug-likeness (QED) is 0.198. The first-order valence-electron chi connectivity index (χ1n) is 4.73. The van der Waals surface area contributed by atoms with Crippen molar-refractivity contribution in [3.8, 4) is 0 Å². The fourth-order valence-corrected chi connectivity index (χ4v) is 1.12. The Balaban J connectivity index is 2.71. The molecule has 0 bridgehead atoms. The van der Waals surface area contributed by atoms with Crippen LogP contribution in [0.1, 0.15) is 12.5 Å². The van der Waals surface area contributed by atoms with Gasteiger partial charge in [0, 0.05) is 18.6 Å². The molecular weight excluding hydrogens is 212 g/mol. The Morgan fingerprint density at radius 2 is 2.19 bits per heavy atom. The molecule has 0 saturated heterocycles. The van der Waals surface area contributed by atoms with E-state index in [4.69, 9.17) is 9.94 Å². The van der Waals surface area contributed by atoms with Gasteiger partial charge in [-0.25, -0.2) is 4.79 Å². The summed E-state index contributed by atoms with van der Waals surface area (Å²) in [4.78, 5) is 11.3. The Hall–Kier alpha value is -2.11. The first kappa shape index (κ1) is 12.0. The number of nitrogens with zero attached hydrogens (tertiary/aromatic N) is 2. The molecule has 0 aromatic carbocycles. The standard InChI is InChI=1S/C10H12N2O4/c1-2-16-10(13)9(11-14)7-8-3-5-12(15)6-4-8/h3-6,14H,2,7H2,1H3. The van der Waals surface area contributed by atoms with E-state index in [2.05, 4.69) is 5.16 Å². The molecule has 0 atom stereocenters. The highest BCUT2D eigenvalue weighted by atomic mass is 16.5. The van der Waals surface area contributed by atoms with E-state index in [0.29, 0.717) is 10.3 Å². The van der Waals surface area contributed by atoms with Crippen LogP contribution in [0.3, 0.4) is 0 Å². The van der Waals surface area contributed by atoms with E-state index in [1.165, 1.54) is 24.5 Å². The summed E-state index contributed by atoms with van der Waals surface area (Å²) in [7, 11) is 0. The lowest BCUT2D eigenvalue weighted by molar-refractivity contribution is -0.605. The van der Waals surface area contributed by atoms with Gasteiger partial charge in [0.2, 0.25) is 0 Å². The van der Waals surface area contributed by atoms with Crippen LogP contribution in [0.2, 0.25) is 0 Å². The monoisotopic (exact) mass is 224 g/mol. The molecule has 0 spiro atoms. The SMILES string of the molecule is CCOC(=O)C(Cc1cc[n+]([O-])cc1)=NO. The van der Waals surface area contributed by atoms with Crippen molar-refractivity contribution in [3.63, 3.8) is 0 Å². The van der Waals surface area contributed by atoms with E-state index in [-0.39, 0.29) is 18.7 Å². The molecule has 0 radical (unpaired) electrons. The number of hydrogen-bond acceptors (Lipinski definition) is 5. The van der Waals surface area contributed by atoms with E-state index in [1.54, 1.807) is 6.92 Å². The van der Waals surface area contributed by atoms with Crippen LogP contribution in [-0.4, -0.2) is 23.5 Å². The summed E-state index contributed by atoms with van der Waals surface area (Å²) in [6, 6.07) is 3.08. The summed E-state index contributed by atoms with van der Waals surface area (Å²) < 4.78 is 5.32. The van der Waals surface area contributed by atoms with Crippen LogP contribution in [-0.2, 0) is 16.0 Å². The largest absolute Gasteiger partial charge is 0.619 e. The van der Waals surface area contributed by atoms with Crippen LogP contribution in [0, 0.1) is 5.21 Å². The van der Waals surface area contributed by atoms with Gasteiger partial charge in [-0.05, 0) is 12.5 Å². The maximum atomic E-state index is 11.3. The van der Waals surface area contributed by atoms with Gasteiger partial charge in [0.15, 0.2) is 18.1 Å². The Kier molecular flexibility index (Phi) is 4.26. The van der Waals surface area contributed by atoms with Gasteiger partial charge in [-0.2, -0.15) is 4.73 Å². The molecule has 16 heavy (non-hydrogen) atoms. The van der Waals surface area contributed by atoms with Crippen molar-refractivity contribution in [1.82, 2.24) is 0 Å². The zero-order valence-corrected chi connectivity index (χ0v) is 8.79. The number of carbonyl (C=O) groups excluding carboxylic acids is 1. The zero-order valence-electron chi connectivity index (χ0n) is 8.79. The second-order valence-electron chi connectivity index (χ2n) is 3.01. The summed E-state index contributed by atoms with van der Waals surface area (Å²) >= 11 is 0. The molecule has 0 saturated carbocycles. The van der Waals surface area contributed by atoms with Crippen molar-refractivity contribution in [2.75, 3.05) is 6.61 Å². The summed E-state index contributed by atoms with van der Waals surface area (Å²) in [5.41, 5.74) is 0.596. The van der Waals surface area contributed by atoms with Crippen molar-refractivity contribution < 1.29 is 19.5 Å². The first-order valence-corrected chi connectivity index (χ1v) is 4.73. The minimum atomic E-state index is -0.663. The van der Waals surface area contributed by atoms with Gasteiger partial charge in [0.1, 0.15) is 0 Å². The lowest BCUT2D eigenvalue weighted by atomic mass is 10.1. The van der Waals surface area contributed by atoms with Crippen molar-refractivity contribution >= 4 is 11.7 Å². The molecule has 0 unspecified atom stereocenters. The lowest BCUT2D eigenvalue weighted by Crippen LogP contribution is -2.25. The van der Waals surface area contributed by atoms with Gasteiger partial charge in [-0.1, -0.05) is 5.16 Å². The number of pyridine rings is 1. The van der Waals surface area contributed by atoms with Gasteiger partial charge in [0.05, 0.1) is 6.61 Å². The third-order valence-corrected chi connectivity index (χ3v) is 1.87. The Labute approximate surface area is 92.4 Å². The number of esters is 1. The molecular formula is C10H12N2O4. The Bertz CT molecular complexity index is 386. The Morgan fingerprint density at radius 3 is 2.69 bits per heavy atom. The van der Waals surface area contributed by atoms with E-state index in [0.717, 1.165) is 0 Å². The number of aromatic nitrogens is 1. The average Bonchev–Trinajstić information content (AvgIpc) is 2.28. The molecule has 0 aliphatic rings. The van der Waals surface area contributed by atoms with Gasteiger partial charge in [0.25, 0.3) is 0 Å². The minimum Gasteiger partial charge on any atom is -0.619 e. The van der Waals surface area contributed by atoms with Gasteiger partial charge < -0.3 is 15.2 Å². The highest BCUT2D eigenvalue weighted by molar-refractivity contribution is 6.36. The number of rotatable bonds is 4. The summed E-state index contributed by atoms with van der Waals surface area (Å²) in [5.74, 6) is -0.663. The molecule has 1 N–H and O–H groups in total. The molecule has 1 aromatic heterocycles. The fraction of sp³-hybridized carbons (Fsp3) is 0.300. The van der Waals surface area contributed by atoms with E-state index >= 15 is 0 Å². The number of ether oxygens (including phenoxy) is 1. The van der Waals surface area contributed by atoms with Crippen LogP contribution in [0.25, 0.3) is 0 Å². The van der Waals surface area contributed by atoms with E-state index in [9.17, 15) is 10.0 Å². The first-order chi connectivity index (χ1) is 7.67. The van der Waals surface area contributed by atoms with Crippen LogP contribution >= 0.6 is 0 Å². The molecule has 0 aliphatic carbocycles. The van der Waals surface area contributed by atoms with Gasteiger partial charge in [-0.15, -0.1) is 0 Å². The zero-order chi connectivity index (χ0) is 12.0. The molecule has 0 fully saturated rings.